The molecule has 1 aromatic carbocycles. The maximum atomic E-state index is 13.4. The van der Waals surface area contributed by atoms with E-state index in [9.17, 15) is 4.79 Å². The number of rotatable bonds is 5. The molecule has 2 heterocycles. The van der Waals surface area contributed by atoms with Gasteiger partial charge in [0.05, 0.1) is 5.69 Å². The molecule has 0 bridgehead atoms. The number of benzene rings is 1. The molecule has 0 aliphatic carbocycles. The Balaban J connectivity index is 1.99. The predicted octanol–water partition coefficient (Wildman–Crippen LogP) is 3.95. The molecule has 1 saturated heterocycles. The Morgan fingerprint density at radius 3 is 2.32 bits per heavy atom. The second-order valence-electron chi connectivity index (χ2n) is 7.18. The number of pyridine rings is 1. The summed E-state index contributed by atoms with van der Waals surface area (Å²) in [7, 11) is 0. The Labute approximate surface area is 150 Å². The average Bonchev–Trinajstić information content (AvgIpc) is 2.65. The lowest BCUT2D eigenvalue weighted by Crippen LogP contribution is -2.61. The van der Waals surface area contributed by atoms with Crippen LogP contribution in [0.25, 0.3) is 0 Å². The summed E-state index contributed by atoms with van der Waals surface area (Å²) < 4.78 is 0. The molecular weight excluding hydrogens is 310 g/mol. The summed E-state index contributed by atoms with van der Waals surface area (Å²) in [6.45, 7) is 6.38. The molecule has 4 nitrogen and oxygen atoms in total. The van der Waals surface area contributed by atoms with Crippen LogP contribution in [-0.2, 0) is 5.54 Å². The van der Waals surface area contributed by atoms with E-state index in [0.717, 1.165) is 18.5 Å². The summed E-state index contributed by atoms with van der Waals surface area (Å²) in [5, 5.41) is 2.25. The molecule has 1 aliphatic heterocycles. The minimum absolute atomic E-state index is 0.0387. The third-order valence-corrected chi connectivity index (χ3v) is 5.21. The molecule has 0 radical (unpaired) electrons. The standard InChI is InChI=1S/C21H27N3O/c1-16-10-9-11-17(2)24(16)23-21(3,19-14-7-8-15-22-19)20(25)18-12-5-4-6-13-18/h4-8,12-17,23H,9-11H2,1-3H3/t16-,17+,21?. The van der Waals surface area contributed by atoms with Gasteiger partial charge in [-0.2, -0.15) is 0 Å². The van der Waals surface area contributed by atoms with Crippen molar-refractivity contribution in [1.29, 1.82) is 0 Å². The van der Waals surface area contributed by atoms with Gasteiger partial charge in [-0.1, -0.05) is 42.8 Å². The van der Waals surface area contributed by atoms with Crippen LogP contribution in [0.5, 0.6) is 0 Å². The van der Waals surface area contributed by atoms with Gasteiger partial charge in [0.2, 0.25) is 0 Å². The van der Waals surface area contributed by atoms with E-state index in [1.807, 2.05) is 55.5 Å². The number of hydrogen-bond acceptors (Lipinski definition) is 4. The summed E-state index contributed by atoms with van der Waals surface area (Å²) in [4.78, 5) is 17.9. The van der Waals surface area contributed by atoms with Gasteiger partial charge in [-0.15, -0.1) is 0 Å². The van der Waals surface area contributed by atoms with E-state index in [2.05, 4.69) is 29.3 Å². The zero-order valence-electron chi connectivity index (χ0n) is 15.3. The number of carbonyl (C=O) groups is 1. The van der Waals surface area contributed by atoms with E-state index >= 15 is 0 Å². The molecule has 1 unspecified atom stereocenters. The number of hydrogen-bond donors (Lipinski definition) is 1. The first-order valence-electron chi connectivity index (χ1n) is 9.10. The Hall–Kier alpha value is -2.04. The minimum Gasteiger partial charge on any atom is -0.292 e. The van der Waals surface area contributed by atoms with Crippen LogP contribution in [0, 0.1) is 0 Å². The van der Waals surface area contributed by atoms with Gasteiger partial charge in [0.15, 0.2) is 5.78 Å². The molecule has 0 saturated carbocycles. The largest absolute Gasteiger partial charge is 0.292 e. The summed E-state index contributed by atoms with van der Waals surface area (Å²) in [5.41, 5.74) is 4.11. The first-order valence-corrected chi connectivity index (χ1v) is 9.10. The molecule has 2 aromatic rings. The maximum absolute atomic E-state index is 13.4. The molecule has 3 atom stereocenters. The van der Waals surface area contributed by atoms with Crippen LogP contribution in [0.2, 0.25) is 0 Å². The molecule has 1 aromatic heterocycles. The van der Waals surface area contributed by atoms with Crippen molar-refractivity contribution in [2.45, 2.75) is 57.7 Å². The number of carbonyl (C=O) groups excluding carboxylic acids is 1. The molecule has 1 N–H and O–H groups in total. The lowest BCUT2D eigenvalue weighted by molar-refractivity contribution is 0.00524. The SMILES string of the molecule is C[C@@H]1CCC[C@H](C)N1NC(C)(C(=O)c1ccccc1)c1ccccn1. The first kappa shape index (κ1) is 17.8. The van der Waals surface area contributed by atoms with Gasteiger partial charge < -0.3 is 0 Å². The fourth-order valence-electron chi connectivity index (χ4n) is 3.66. The molecule has 1 aliphatic rings. The van der Waals surface area contributed by atoms with Crippen molar-refractivity contribution in [3.8, 4) is 0 Å². The number of nitrogens with one attached hydrogen (secondary N) is 1. The topological polar surface area (TPSA) is 45.2 Å². The molecule has 4 heteroatoms. The summed E-state index contributed by atoms with van der Waals surface area (Å²) >= 11 is 0. The average molecular weight is 337 g/mol. The summed E-state index contributed by atoms with van der Waals surface area (Å²) in [6.07, 6.45) is 5.24. The van der Waals surface area contributed by atoms with Gasteiger partial charge in [0.1, 0.15) is 5.54 Å². The van der Waals surface area contributed by atoms with E-state index in [0.29, 0.717) is 17.6 Å². The van der Waals surface area contributed by atoms with E-state index in [4.69, 9.17) is 0 Å². The Morgan fingerprint density at radius 1 is 1.08 bits per heavy atom. The van der Waals surface area contributed by atoms with Crippen LogP contribution >= 0.6 is 0 Å². The fourth-order valence-corrected chi connectivity index (χ4v) is 3.66. The molecule has 1 fully saturated rings. The number of Topliss-reactive ketones (excluding diaryl/α,β-unsaturated/α-hetero) is 1. The zero-order chi connectivity index (χ0) is 17.9. The Morgan fingerprint density at radius 2 is 1.72 bits per heavy atom. The highest BCUT2D eigenvalue weighted by Crippen LogP contribution is 2.28. The summed E-state index contributed by atoms with van der Waals surface area (Å²) in [5.74, 6) is 0.0387. The molecular formula is C21H27N3O. The predicted molar refractivity (Wildman–Crippen MR) is 100 cm³/mol. The second kappa shape index (κ2) is 7.46. The highest BCUT2D eigenvalue weighted by atomic mass is 16.1. The van der Waals surface area contributed by atoms with Crippen molar-refractivity contribution < 1.29 is 4.79 Å². The highest BCUT2D eigenvalue weighted by molar-refractivity contribution is 6.03. The van der Waals surface area contributed by atoms with Crippen LogP contribution in [0.1, 0.15) is 56.1 Å². The van der Waals surface area contributed by atoms with E-state index in [-0.39, 0.29) is 5.78 Å². The van der Waals surface area contributed by atoms with Crippen LogP contribution in [0.15, 0.2) is 54.7 Å². The fraction of sp³-hybridized carbons (Fsp3) is 0.429. The van der Waals surface area contributed by atoms with Crippen molar-refractivity contribution in [1.82, 2.24) is 15.4 Å². The number of piperidine rings is 1. The number of aromatic nitrogens is 1. The molecule has 0 amide bonds. The van der Waals surface area contributed by atoms with Crippen molar-refractivity contribution >= 4 is 5.78 Å². The number of ketones is 1. The maximum Gasteiger partial charge on any atom is 0.189 e. The normalized spacial score (nSPS) is 23.8. The molecule has 25 heavy (non-hydrogen) atoms. The van der Waals surface area contributed by atoms with Gasteiger partial charge >= 0.3 is 0 Å². The molecule has 3 rings (SSSR count). The van der Waals surface area contributed by atoms with Crippen LogP contribution < -0.4 is 5.43 Å². The smallest absolute Gasteiger partial charge is 0.189 e. The van der Waals surface area contributed by atoms with E-state index < -0.39 is 5.54 Å². The second-order valence-corrected chi connectivity index (χ2v) is 7.18. The molecule has 132 valence electrons. The summed E-state index contributed by atoms with van der Waals surface area (Å²) in [6, 6.07) is 16.0. The Kier molecular flexibility index (Phi) is 5.30. The van der Waals surface area contributed by atoms with Gasteiger partial charge in [-0.3, -0.25) is 9.78 Å². The molecule has 0 spiro atoms. The van der Waals surface area contributed by atoms with Crippen molar-refractivity contribution in [3.63, 3.8) is 0 Å². The van der Waals surface area contributed by atoms with Gasteiger partial charge in [0.25, 0.3) is 0 Å². The third kappa shape index (κ3) is 3.65. The van der Waals surface area contributed by atoms with E-state index in [1.54, 1.807) is 6.20 Å². The van der Waals surface area contributed by atoms with Crippen molar-refractivity contribution in [2.24, 2.45) is 0 Å². The van der Waals surface area contributed by atoms with E-state index in [1.165, 1.54) is 6.42 Å². The first-order chi connectivity index (χ1) is 12.0. The van der Waals surface area contributed by atoms with Crippen LogP contribution in [-0.4, -0.2) is 27.9 Å². The number of hydrazine groups is 1. The van der Waals surface area contributed by atoms with Gasteiger partial charge in [-0.25, -0.2) is 10.4 Å². The lowest BCUT2D eigenvalue weighted by atomic mass is 9.87. The van der Waals surface area contributed by atoms with Crippen molar-refractivity contribution in [2.75, 3.05) is 0 Å². The lowest BCUT2D eigenvalue weighted by Gasteiger charge is -2.44. The monoisotopic (exact) mass is 337 g/mol. The number of nitrogens with zero attached hydrogens (tertiary/aromatic N) is 2. The van der Waals surface area contributed by atoms with Gasteiger partial charge in [0, 0.05) is 23.8 Å². The van der Waals surface area contributed by atoms with Crippen LogP contribution in [0.4, 0.5) is 0 Å². The minimum atomic E-state index is -0.900. The third-order valence-electron chi connectivity index (χ3n) is 5.21. The van der Waals surface area contributed by atoms with Crippen LogP contribution in [0.3, 0.4) is 0 Å². The van der Waals surface area contributed by atoms with Gasteiger partial charge in [-0.05, 0) is 45.7 Å². The van der Waals surface area contributed by atoms with Crippen molar-refractivity contribution in [3.05, 3.63) is 66.0 Å². The quantitative estimate of drug-likeness (QED) is 0.839. The Bertz CT molecular complexity index is 694. The highest BCUT2D eigenvalue weighted by Gasteiger charge is 2.41. The zero-order valence-corrected chi connectivity index (χ0v) is 15.3.